The van der Waals surface area contributed by atoms with Crippen LogP contribution in [0.25, 0.3) is 5.65 Å². The minimum atomic E-state index is -0.888. The molecule has 6 nitrogen and oxygen atoms in total. The second kappa shape index (κ2) is 5.26. The van der Waals surface area contributed by atoms with Gasteiger partial charge in [0.05, 0.1) is 18.3 Å². The van der Waals surface area contributed by atoms with Crippen molar-refractivity contribution in [1.82, 2.24) is 14.6 Å². The normalized spacial score (nSPS) is 11.2. The molecule has 0 bridgehead atoms. The van der Waals surface area contributed by atoms with Crippen molar-refractivity contribution in [3.05, 3.63) is 24.0 Å². The minimum absolute atomic E-state index is 0.0828. The smallest absolute Gasteiger partial charge is 0.309 e. The molecule has 2 heterocycles. The van der Waals surface area contributed by atoms with Crippen molar-refractivity contribution in [2.45, 2.75) is 20.3 Å². The van der Waals surface area contributed by atoms with Crippen molar-refractivity contribution in [3.63, 3.8) is 0 Å². The van der Waals surface area contributed by atoms with Crippen LogP contribution in [-0.4, -0.2) is 39.3 Å². The molecular weight excluding hydrogens is 244 g/mol. The number of hydrogen-bond acceptors (Lipinski definition) is 4. The number of nitrogens with zero attached hydrogens (tertiary/aromatic N) is 4. The van der Waals surface area contributed by atoms with E-state index < -0.39 is 5.97 Å². The second-order valence-electron chi connectivity index (χ2n) is 5.07. The summed E-state index contributed by atoms with van der Waals surface area (Å²) in [4.78, 5) is 16.9. The fraction of sp³-hybridized carbons (Fsp3) is 0.462. The highest BCUT2D eigenvalue weighted by molar-refractivity contribution is 5.69. The first kappa shape index (κ1) is 13.3. The van der Waals surface area contributed by atoms with Crippen LogP contribution in [0.1, 0.15) is 19.5 Å². The molecule has 0 unspecified atom stereocenters. The molecule has 0 spiro atoms. The maximum absolute atomic E-state index is 10.7. The number of carboxylic acid groups (broad SMARTS) is 1. The van der Waals surface area contributed by atoms with E-state index in [0.717, 1.165) is 12.4 Å². The summed E-state index contributed by atoms with van der Waals surface area (Å²) in [5.74, 6) is 0.508. The molecule has 0 radical (unpaired) electrons. The van der Waals surface area contributed by atoms with E-state index in [4.69, 9.17) is 5.11 Å². The van der Waals surface area contributed by atoms with Crippen LogP contribution in [0.2, 0.25) is 0 Å². The SMILES string of the molecule is CC(C)CN(C)c1ccc2nc(CC(=O)O)cn2n1. The Labute approximate surface area is 111 Å². The number of carboxylic acids is 1. The molecule has 19 heavy (non-hydrogen) atoms. The van der Waals surface area contributed by atoms with Gasteiger partial charge < -0.3 is 10.0 Å². The van der Waals surface area contributed by atoms with Gasteiger partial charge in [-0.05, 0) is 18.1 Å². The number of carbonyl (C=O) groups is 1. The van der Waals surface area contributed by atoms with Crippen molar-refractivity contribution in [3.8, 4) is 0 Å². The number of hydrogen-bond donors (Lipinski definition) is 1. The number of aromatic nitrogens is 3. The van der Waals surface area contributed by atoms with Crippen LogP contribution in [0, 0.1) is 5.92 Å². The molecule has 0 aromatic carbocycles. The van der Waals surface area contributed by atoms with Gasteiger partial charge in [-0.2, -0.15) is 0 Å². The van der Waals surface area contributed by atoms with E-state index in [1.807, 2.05) is 19.2 Å². The number of anilines is 1. The van der Waals surface area contributed by atoms with Gasteiger partial charge in [0.15, 0.2) is 5.65 Å². The molecule has 6 heteroatoms. The molecule has 0 aliphatic carbocycles. The number of fused-ring (bicyclic) bond motifs is 1. The quantitative estimate of drug-likeness (QED) is 0.883. The van der Waals surface area contributed by atoms with Crippen LogP contribution in [0.15, 0.2) is 18.3 Å². The van der Waals surface area contributed by atoms with Crippen LogP contribution in [0.5, 0.6) is 0 Å². The first-order valence-electron chi connectivity index (χ1n) is 6.24. The minimum Gasteiger partial charge on any atom is -0.481 e. The maximum Gasteiger partial charge on any atom is 0.309 e. The van der Waals surface area contributed by atoms with Crippen molar-refractivity contribution < 1.29 is 9.90 Å². The summed E-state index contributed by atoms with van der Waals surface area (Å²) < 4.78 is 1.63. The summed E-state index contributed by atoms with van der Waals surface area (Å²) in [6.07, 6.45) is 1.58. The summed E-state index contributed by atoms with van der Waals surface area (Å²) >= 11 is 0. The predicted molar refractivity (Wildman–Crippen MR) is 72.4 cm³/mol. The molecule has 0 amide bonds. The van der Waals surface area contributed by atoms with E-state index in [0.29, 0.717) is 17.3 Å². The van der Waals surface area contributed by atoms with Gasteiger partial charge in [0, 0.05) is 13.6 Å². The molecule has 2 rings (SSSR count). The Bertz CT molecular complexity index is 591. The molecule has 0 saturated heterocycles. The van der Waals surface area contributed by atoms with Gasteiger partial charge in [-0.25, -0.2) is 9.50 Å². The first-order valence-corrected chi connectivity index (χ1v) is 6.24. The van der Waals surface area contributed by atoms with Crippen molar-refractivity contribution in [2.75, 3.05) is 18.5 Å². The summed E-state index contributed by atoms with van der Waals surface area (Å²) in [5.41, 5.74) is 1.18. The standard InChI is InChI=1S/C13H18N4O2/c1-9(2)7-16(3)12-5-4-11-14-10(6-13(18)19)8-17(11)15-12/h4-5,8-9H,6-7H2,1-3H3,(H,18,19). The fourth-order valence-corrected chi connectivity index (χ4v) is 2.01. The van der Waals surface area contributed by atoms with E-state index in [1.54, 1.807) is 10.7 Å². The Balaban J connectivity index is 2.27. The van der Waals surface area contributed by atoms with Crippen LogP contribution in [0.4, 0.5) is 5.82 Å². The number of imidazole rings is 1. The van der Waals surface area contributed by atoms with Gasteiger partial charge in [0.2, 0.25) is 0 Å². The van der Waals surface area contributed by atoms with E-state index in [1.165, 1.54) is 0 Å². The maximum atomic E-state index is 10.7. The largest absolute Gasteiger partial charge is 0.481 e. The fourth-order valence-electron chi connectivity index (χ4n) is 2.01. The van der Waals surface area contributed by atoms with Crippen molar-refractivity contribution in [1.29, 1.82) is 0 Å². The Kier molecular flexibility index (Phi) is 3.69. The molecule has 0 aliphatic heterocycles. The van der Waals surface area contributed by atoms with Crippen LogP contribution in [0.3, 0.4) is 0 Å². The van der Waals surface area contributed by atoms with Gasteiger partial charge in [-0.15, -0.1) is 5.10 Å². The molecule has 2 aromatic heterocycles. The predicted octanol–water partition coefficient (Wildman–Crippen LogP) is 1.45. The van der Waals surface area contributed by atoms with Gasteiger partial charge in [-0.3, -0.25) is 4.79 Å². The number of rotatable bonds is 5. The van der Waals surface area contributed by atoms with Crippen LogP contribution in [-0.2, 0) is 11.2 Å². The third kappa shape index (κ3) is 3.21. The van der Waals surface area contributed by atoms with Crippen LogP contribution >= 0.6 is 0 Å². The molecular formula is C13H18N4O2. The molecule has 0 atom stereocenters. The molecule has 0 aliphatic rings. The molecule has 0 saturated carbocycles. The second-order valence-corrected chi connectivity index (χ2v) is 5.07. The average Bonchev–Trinajstić information content (AvgIpc) is 2.67. The summed E-state index contributed by atoms with van der Waals surface area (Å²) in [6.45, 7) is 5.21. The molecule has 0 fully saturated rings. The van der Waals surface area contributed by atoms with Crippen LogP contribution < -0.4 is 4.90 Å². The first-order chi connectivity index (χ1) is 8.95. The number of aliphatic carboxylic acids is 1. The lowest BCUT2D eigenvalue weighted by atomic mass is 10.2. The van der Waals surface area contributed by atoms with Crippen molar-refractivity contribution >= 4 is 17.4 Å². The van der Waals surface area contributed by atoms with Gasteiger partial charge >= 0.3 is 5.97 Å². The lowest BCUT2D eigenvalue weighted by Gasteiger charge is -2.19. The Morgan fingerprint density at radius 1 is 1.47 bits per heavy atom. The van der Waals surface area contributed by atoms with Gasteiger partial charge in [-0.1, -0.05) is 13.8 Å². The zero-order chi connectivity index (χ0) is 14.0. The molecule has 102 valence electrons. The Morgan fingerprint density at radius 3 is 2.84 bits per heavy atom. The topological polar surface area (TPSA) is 70.7 Å². The molecule has 1 N–H and O–H groups in total. The highest BCUT2D eigenvalue weighted by Crippen LogP contribution is 2.13. The van der Waals surface area contributed by atoms with E-state index in [-0.39, 0.29) is 6.42 Å². The van der Waals surface area contributed by atoms with Crippen molar-refractivity contribution in [2.24, 2.45) is 5.92 Å². The summed E-state index contributed by atoms with van der Waals surface area (Å²) in [5, 5.41) is 13.2. The average molecular weight is 262 g/mol. The van der Waals surface area contributed by atoms with Gasteiger partial charge in [0.25, 0.3) is 0 Å². The highest BCUT2D eigenvalue weighted by Gasteiger charge is 2.09. The van der Waals surface area contributed by atoms with E-state index in [2.05, 4.69) is 28.8 Å². The van der Waals surface area contributed by atoms with E-state index >= 15 is 0 Å². The Hall–Kier alpha value is -2.11. The Morgan fingerprint density at radius 2 is 2.21 bits per heavy atom. The molecule has 2 aromatic rings. The summed E-state index contributed by atoms with van der Waals surface area (Å²) in [6, 6.07) is 3.75. The monoisotopic (exact) mass is 262 g/mol. The lowest BCUT2D eigenvalue weighted by molar-refractivity contribution is -0.136. The lowest BCUT2D eigenvalue weighted by Crippen LogP contribution is -2.23. The third-order valence-corrected chi connectivity index (χ3v) is 2.72. The zero-order valence-corrected chi connectivity index (χ0v) is 11.4. The summed E-state index contributed by atoms with van der Waals surface area (Å²) in [7, 11) is 1.99. The highest BCUT2D eigenvalue weighted by atomic mass is 16.4. The zero-order valence-electron chi connectivity index (χ0n) is 11.4. The van der Waals surface area contributed by atoms with E-state index in [9.17, 15) is 4.79 Å². The van der Waals surface area contributed by atoms with Gasteiger partial charge in [0.1, 0.15) is 5.82 Å². The third-order valence-electron chi connectivity index (χ3n) is 2.72.